The molecule has 0 radical (unpaired) electrons. The highest BCUT2D eigenvalue weighted by molar-refractivity contribution is 7.22. The standard InChI is InChI=1S/C34H29F4N3O6S/c35-33(36)34(37,38)47-27-18-28-25(17-26(27)46-33)40-32(48-28)41-31(45)24(22-12-10-21(11-13-22)20-4-2-1-3-5-20)16-19-6-8-23(9-7-19)30(44)39-15-14-29(42)43/h4,6-13,17-18,24H,1-3,5,14-16H2,(H,39,44)(H,42,43)(H,40,41,45). The van der Waals surface area contributed by atoms with Crippen molar-refractivity contribution in [2.75, 3.05) is 11.9 Å². The number of fused-ring (bicyclic) bond motifs is 2. The van der Waals surface area contributed by atoms with E-state index in [1.165, 1.54) is 5.57 Å². The summed E-state index contributed by atoms with van der Waals surface area (Å²) in [5.41, 5.74) is 4.25. The molecule has 6 rings (SSSR count). The molecule has 0 saturated carbocycles. The number of alkyl halides is 4. The van der Waals surface area contributed by atoms with E-state index in [1.807, 2.05) is 24.3 Å². The Bertz CT molecular complexity index is 1840. The Morgan fingerprint density at radius 3 is 2.27 bits per heavy atom. The zero-order chi connectivity index (χ0) is 34.1. The Balaban J connectivity index is 1.24. The maximum atomic E-state index is 13.8. The Labute approximate surface area is 275 Å². The van der Waals surface area contributed by atoms with Crippen molar-refractivity contribution < 1.29 is 46.5 Å². The summed E-state index contributed by atoms with van der Waals surface area (Å²) in [6.45, 7) is -0.0154. The fourth-order valence-corrected chi connectivity index (χ4v) is 6.42. The van der Waals surface area contributed by atoms with Gasteiger partial charge in [0, 0.05) is 24.2 Å². The third-order valence-corrected chi connectivity index (χ3v) is 9.00. The van der Waals surface area contributed by atoms with Crippen molar-refractivity contribution in [3.05, 3.63) is 89.0 Å². The van der Waals surface area contributed by atoms with Gasteiger partial charge in [-0.2, -0.15) is 17.6 Å². The zero-order valence-electron chi connectivity index (χ0n) is 25.2. The quantitative estimate of drug-likeness (QED) is 0.149. The number of thiazole rings is 1. The Morgan fingerprint density at radius 2 is 1.62 bits per heavy atom. The lowest BCUT2D eigenvalue weighted by atomic mass is 9.88. The normalized spacial score (nSPS) is 16.9. The van der Waals surface area contributed by atoms with Crippen molar-refractivity contribution in [2.24, 2.45) is 0 Å². The number of aromatic nitrogens is 1. The molecule has 3 aromatic carbocycles. The number of carbonyl (C=O) groups excluding carboxylic acids is 2. The maximum absolute atomic E-state index is 13.8. The van der Waals surface area contributed by atoms with Crippen molar-refractivity contribution >= 4 is 50.0 Å². The van der Waals surface area contributed by atoms with Crippen LogP contribution < -0.4 is 20.1 Å². The van der Waals surface area contributed by atoms with Gasteiger partial charge in [-0.25, -0.2) is 4.98 Å². The average Bonchev–Trinajstić information content (AvgIpc) is 3.44. The minimum atomic E-state index is -4.88. The fraction of sp³-hybridized carbons (Fsp3) is 0.294. The smallest absolute Gasteiger partial charge is 0.481 e. The fourth-order valence-electron chi connectivity index (χ4n) is 5.54. The molecule has 2 aliphatic rings. The first-order valence-electron chi connectivity index (χ1n) is 15.2. The Hall–Kier alpha value is -4.98. The Morgan fingerprint density at radius 1 is 0.938 bits per heavy atom. The molecule has 1 atom stereocenters. The number of carboxylic acid groups (broad SMARTS) is 1. The topological polar surface area (TPSA) is 127 Å². The lowest BCUT2D eigenvalue weighted by Gasteiger charge is -2.31. The molecule has 3 N–H and O–H groups in total. The van der Waals surface area contributed by atoms with Gasteiger partial charge < -0.3 is 25.2 Å². The number of carboxylic acids is 1. The number of carbonyl (C=O) groups is 3. The minimum absolute atomic E-state index is 0.0154. The first-order valence-corrected chi connectivity index (χ1v) is 16.0. The largest absolute Gasteiger partial charge is 0.507 e. The number of hydrogen-bond donors (Lipinski definition) is 3. The van der Waals surface area contributed by atoms with Crippen LogP contribution in [-0.2, 0) is 16.0 Å². The molecule has 1 unspecified atom stereocenters. The van der Waals surface area contributed by atoms with E-state index in [2.05, 4.69) is 31.2 Å². The van der Waals surface area contributed by atoms with Crippen molar-refractivity contribution in [3.63, 3.8) is 0 Å². The number of allylic oxidation sites excluding steroid dienone is 2. The van der Waals surface area contributed by atoms with Crippen molar-refractivity contribution in [1.82, 2.24) is 10.3 Å². The molecule has 9 nitrogen and oxygen atoms in total. The van der Waals surface area contributed by atoms with E-state index in [0.717, 1.165) is 60.3 Å². The second kappa shape index (κ2) is 13.3. The van der Waals surface area contributed by atoms with E-state index in [-0.39, 0.29) is 30.0 Å². The number of ether oxygens (including phenoxy) is 2. The molecule has 2 heterocycles. The molecule has 0 bridgehead atoms. The number of halogens is 4. The second-order valence-electron chi connectivity index (χ2n) is 11.5. The van der Waals surface area contributed by atoms with E-state index in [4.69, 9.17) is 5.11 Å². The number of anilines is 1. The van der Waals surface area contributed by atoms with Gasteiger partial charge in [-0.1, -0.05) is 53.8 Å². The average molecular weight is 684 g/mol. The van der Waals surface area contributed by atoms with E-state index in [0.29, 0.717) is 15.8 Å². The summed E-state index contributed by atoms with van der Waals surface area (Å²) in [6, 6.07) is 16.5. The van der Waals surface area contributed by atoms with Crippen LogP contribution >= 0.6 is 11.3 Å². The predicted octanol–water partition coefficient (Wildman–Crippen LogP) is 7.38. The molecular weight excluding hydrogens is 654 g/mol. The van der Waals surface area contributed by atoms with Gasteiger partial charge >= 0.3 is 18.2 Å². The van der Waals surface area contributed by atoms with Crippen LogP contribution in [0.2, 0.25) is 0 Å². The number of rotatable bonds is 10. The molecule has 1 aliphatic carbocycles. The molecule has 2 amide bonds. The van der Waals surface area contributed by atoms with Gasteiger partial charge in [-0.3, -0.25) is 14.4 Å². The van der Waals surface area contributed by atoms with Gasteiger partial charge in [-0.05, 0) is 66.5 Å². The summed E-state index contributed by atoms with van der Waals surface area (Å²) in [4.78, 5) is 41.3. The first kappa shape index (κ1) is 32.9. The molecular formula is C34H29F4N3O6S. The first-order chi connectivity index (χ1) is 22.9. The van der Waals surface area contributed by atoms with Gasteiger partial charge in [0.25, 0.3) is 5.91 Å². The summed E-state index contributed by atoms with van der Waals surface area (Å²) in [7, 11) is 0. The highest BCUT2D eigenvalue weighted by atomic mass is 32.1. The summed E-state index contributed by atoms with van der Waals surface area (Å²) in [5, 5.41) is 14.2. The highest BCUT2D eigenvalue weighted by Gasteiger charge is 2.66. The third kappa shape index (κ3) is 7.13. The van der Waals surface area contributed by atoms with Crippen molar-refractivity contribution in [2.45, 2.75) is 56.7 Å². The highest BCUT2D eigenvalue weighted by Crippen LogP contribution is 2.49. The second-order valence-corrected chi connectivity index (χ2v) is 12.5. The summed E-state index contributed by atoms with van der Waals surface area (Å²) >= 11 is 0.952. The van der Waals surface area contributed by atoms with Crippen LogP contribution in [0.1, 0.15) is 65.1 Å². The van der Waals surface area contributed by atoms with Crippen LogP contribution in [0.3, 0.4) is 0 Å². The molecule has 48 heavy (non-hydrogen) atoms. The zero-order valence-corrected chi connectivity index (χ0v) is 26.1. The molecule has 4 aromatic rings. The van der Waals surface area contributed by atoms with Crippen LogP contribution in [0.15, 0.2) is 66.7 Å². The summed E-state index contributed by atoms with van der Waals surface area (Å²) < 4.78 is 63.6. The molecule has 0 fully saturated rings. The van der Waals surface area contributed by atoms with Crippen LogP contribution in [0.25, 0.3) is 15.8 Å². The summed E-state index contributed by atoms with van der Waals surface area (Å²) in [5.74, 6) is -3.79. The van der Waals surface area contributed by atoms with E-state index >= 15 is 0 Å². The lowest BCUT2D eigenvalue weighted by Crippen LogP contribution is -2.52. The van der Waals surface area contributed by atoms with Gasteiger partial charge in [-0.15, -0.1) is 0 Å². The van der Waals surface area contributed by atoms with Crippen LogP contribution in [0.5, 0.6) is 11.5 Å². The van der Waals surface area contributed by atoms with E-state index in [9.17, 15) is 31.9 Å². The van der Waals surface area contributed by atoms with Gasteiger partial charge in [0.05, 0.1) is 22.6 Å². The van der Waals surface area contributed by atoms with Crippen molar-refractivity contribution in [3.8, 4) is 11.5 Å². The number of nitrogens with zero attached hydrogens (tertiary/aromatic N) is 1. The lowest BCUT2D eigenvalue weighted by molar-refractivity contribution is -0.391. The Kier molecular flexibility index (Phi) is 9.10. The maximum Gasteiger partial charge on any atom is 0.507 e. The van der Waals surface area contributed by atoms with Crippen molar-refractivity contribution in [1.29, 1.82) is 0 Å². The number of amides is 2. The molecule has 0 saturated heterocycles. The number of benzene rings is 3. The van der Waals surface area contributed by atoms with Crippen LogP contribution in [-0.4, -0.2) is 46.6 Å². The SMILES string of the molecule is O=C(O)CCNC(=O)c1ccc(CC(C(=O)Nc2nc3cc4c(cc3s2)OC(F)(F)C(F)(F)O4)c2ccc(C3=CCCCC3)cc2)cc1. The van der Waals surface area contributed by atoms with E-state index in [1.54, 1.807) is 24.3 Å². The molecule has 1 aromatic heterocycles. The predicted molar refractivity (Wildman–Crippen MR) is 170 cm³/mol. The number of aliphatic carboxylic acids is 1. The number of nitrogens with one attached hydrogen (secondary N) is 2. The minimum Gasteiger partial charge on any atom is -0.481 e. The van der Waals surface area contributed by atoms with Crippen LogP contribution in [0, 0.1) is 0 Å². The third-order valence-electron chi connectivity index (χ3n) is 8.07. The van der Waals surface area contributed by atoms with Gasteiger partial charge in [0.15, 0.2) is 16.6 Å². The number of hydrogen-bond acceptors (Lipinski definition) is 7. The molecule has 250 valence electrons. The molecule has 14 heteroatoms. The molecule has 1 aliphatic heterocycles. The van der Waals surface area contributed by atoms with Gasteiger partial charge in [0.2, 0.25) is 5.91 Å². The monoisotopic (exact) mass is 683 g/mol. The van der Waals surface area contributed by atoms with Crippen LogP contribution in [0.4, 0.5) is 22.7 Å². The van der Waals surface area contributed by atoms with Gasteiger partial charge in [0.1, 0.15) is 0 Å². The summed E-state index contributed by atoms with van der Waals surface area (Å²) in [6.07, 6.45) is -3.23. The van der Waals surface area contributed by atoms with E-state index < -0.39 is 47.4 Å². The molecule has 0 spiro atoms.